The van der Waals surface area contributed by atoms with E-state index in [-0.39, 0.29) is 0 Å². The van der Waals surface area contributed by atoms with Gasteiger partial charge in [-0.15, -0.1) is 0 Å². The lowest BCUT2D eigenvalue weighted by molar-refractivity contribution is 0.671. The third-order valence-corrected chi connectivity index (χ3v) is 7.87. The molecule has 2 nitrogen and oxygen atoms in total. The van der Waals surface area contributed by atoms with E-state index in [0.29, 0.717) is 5.56 Å². The van der Waals surface area contributed by atoms with Crippen LogP contribution < -0.4 is 0 Å². The van der Waals surface area contributed by atoms with Crippen molar-refractivity contribution in [3.05, 3.63) is 133 Å². The zero-order valence-electron chi connectivity index (χ0n) is 21.0. The van der Waals surface area contributed by atoms with Gasteiger partial charge in [0.1, 0.15) is 11.2 Å². The predicted octanol–water partition coefficient (Wildman–Crippen LogP) is 10.3. The third-order valence-electron chi connectivity index (χ3n) is 7.87. The molecule has 0 amide bonds. The van der Waals surface area contributed by atoms with Crippen LogP contribution in [0, 0.1) is 11.3 Å². The number of furan rings is 1. The summed E-state index contributed by atoms with van der Waals surface area (Å²) >= 11 is 0. The summed E-state index contributed by atoms with van der Waals surface area (Å²) < 4.78 is 6.71. The van der Waals surface area contributed by atoms with Crippen LogP contribution in [0.4, 0.5) is 0 Å². The first kappa shape index (κ1) is 21.7. The fourth-order valence-electron chi connectivity index (χ4n) is 6.02. The summed E-state index contributed by atoms with van der Waals surface area (Å²) in [6.07, 6.45) is 0. The molecule has 7 aromatic carbocycles. The second-order valence-corrected chi connectivity index (χ2v) is 10.0. The molecule has 0 saturated heterocycles. The lowest BCUT2D eigenvalue weighted by Gasteiger charge is -2.13. The van der Waals surface area contributed by atoms with E-state index in [0.717, 1.165) is 44.2 Å². The highest BCUT2D eigenvalue weighted by molar-refractivity contribution is 6.25. The van der Waals surface area contributed by atoms with E-state index in [1.165, 1.54) is 32.3 Å². The minimum Gasteiger partial charge on any atom is -0.455 e. The van der Waals surface area contributed by atoms with Gasteiger partial charge in [0, 0.05) is 16.3 Å². The minimum atomic E-state index is 0.663. The van der Waals surface area contributed by atoms with Crippen molar-refractivity contribution in [3.8, 4) is 28.3 Å². The van der Waals surface area contributed by atoms with Crippen LogP contribution in [0.3, 0.4) is 0 Å². The Hall–Kier alpha value is -5.39. The third kappa shape index (κ3) is 3.27. The number of fused-ring (bicyclic) bond motifs is 7. The van der Waals surface area contributed by atoms with Gasteiger partial charge in [0.15, 0.2) is 0 Å². The maximum absolute atomic E-state index is 9.24. The van der Waals surface area contributed by atoms with Crippen LogP contribution in [-0.4, -0.2) is 0 Å². The Bertz CT molecular complexity index is 2280. The molecular formula is C37H21NO. The van der Waals surface area contributed by atoms with E-state index in [1.807, 2.05) is 24.3 Å². The molecule has 0 radical (unpaired) electrons. The van der Waals surface area contributed by atoms with Gasteiger partial charge in [-0.3, -0.25) is 0 Å². The van der Waals surface area contributed by atoms with E-state index >= 15 is 0 Å². The van der Waals surface area contributed by atoms with Crippen molar-refractivity contribution in [1.29, 1.82) is 5.26 Å². The van der Waals surface area contributed by atoms with Crippen LogP contribution in [-0.2, 0) is 0 Å². The fraction of sp³-hybridized carbons (Fsp3) is 0. The molecule has 0 fully saturated rings. The highest BCUT2D eigenvalue weighted by Gasteiger charge is 2.19. The van der Waals surface area contributed by atoms with Gasteiger partial charge in [-0.05, 0) is 79.3 Å². The average Bonchev–Trinajstić information content (AvgIpc) is 3.37. The molecule has 180 valence electrons. The van der Waals surface area contributed by atoms with Crippen molar-refractivity contribution in [2.45, 2.75) is 0 Å². The molecule has 0 spiro atoms. The summed E-state index contributed by atoms with van der Waals surface area (Å²) in [5, 5.41) is 18.6. The van der Waals surface area contributed by atoms with E-state index in [2.05, 4.69) is 109 Å². The van der Waals surface area contributed by atoms with Crippen LogP contribution in [0.5, 0.6) is 0 Å². The number of rotatable bonds is 2. The van der Waals surface area contributed by atoms with Crippen LogP contribution in [0.1, 0.15) is 5.56 Å². The molecule has 39 heavy (non-hydrogen) atoms. The first-order chi connectivity index (χ1) is 19.3. The highest BCUT2D eigenvalue weighted by atomic mass is 16.3. The molecule has 8 rings (SSSR count). The summed E-state index contributed by atoms with van der Waals surface area (Å²) in [4.78, 5) is 0. The number of nitriles is 1. The van der Waals surface area contributed by atoms with Crippen molar-refractivity contribution in [2.75, 3.05) is 0 Å². The molecule has 0 bridgehead atoms. The van der Waals surface area contributed by atoms with Crippen LogP contribution >= 0.6 is 0 Å². The second kappa shape index (κ2) is 8.31. The summed E-state index contributed by atoms with van der Waals surface area (Å²) in [7, 11) is 0. The Balaban J connectivity index is 1.47. The number of benzene rings is 7. The van der Waals surface area contributed by atoms with Gasteiger partial charge in [0.2, 0.25) is 0 Å². The summed E-state index contributed by atoms with van der Waals surface area (Å²) in [6, 6.07) is 46.7. The summed E-state index contributed by atoms with van der Waals surface area (Å²) in [5.74, 6) is 0. The van der Waals surface area contributed by atoms with Gasteiger partial charge in [-0.2, -0.15) is 5.26 Å². The van der Waals surface area contributed by atoms with Gasteiger partial charge in [0.05, 0.1) is 11.6 Å². The summed E-state index contributed by atoms with van der Waals surface area (Å²) in [5.41, 5.74) is 6.95. The van der Waals surface area contributed by atoms with Gasteiger partial charge < -0.3 is 4.42 Å². The molecule has 0 N–H and O–H groups in total. The number of hydrogen-bond donors (Lipinski definition) is 0. The van der Waals surface area contributed by atoms with Crippen molar-refractivity contribution in [1.82, 2.24) is 0 Å². The van der Waals surface area contributed by atoms with E-state index in [9.17, 15) is 5.26 Å². The van der Waals surface area contributed by atoms with Gasteiger partial charge in [0.25, 0.3) is 0 Å². The molecule has 0 saturated carbocycles. The van der Waals surface area contributed by atoms with Gasteiger partial charge >= 0.3 is 0 Å². The van der Waals surface area contributed by atoms with Crippen LogP contribution in [0.25, 0.3) is 76.5 Å². The monoisotopic (exact) mass is 495 g/mol. The number of hydrogen-bond acceptors (Lipinski definition) is 2. The minimum absolute atomic E-state index is 0.663. The highest BCUT2D eigenvalue weighted by Crippen LogP contribution is 2.44. The van der Waals surface area contributed by atoms with E-state index in [1.54, 1.807) is 0 Å². The molecule has 2 heteroatoms. The SMILES string of the molecule is N#Cc1ccc(-c2ccc(-c3cc4ccccc4c4c3oc3cc5ccccc5cc34)c3ccccc23)cc1. The van der Waals surface area contributed by atoms with Crippen LogP contribution in [0.2, 0.25) is 0 Å². The Kier molecular flexibility index (Phi) is 4.62. The smallest absolute Gasteiger partial charge is 0.143 e. The van der Waals surface area contributed by atoms with Gasteiger partial charge in [-0.25, -0.2) is 0 Å². The van der Waals surface area contributed by atoms with Gasteiger partial charge in [-0.1, -0.05) is 97.1 Å². The predicted molar refractivity (Wildman–Crippen MR) is 162 cm³/mol. The molecule has 0 aliphatic heterocycles. The Morgan fingerprint density at radius 1 is 0.487 bits per heavy atom. The lowest BCUT2D eigenvalue weighted by Crippen LogP contribution is -1.88. The summed E-state index contributed by atoms with van der Waals surface area (Å²) in [6.45, 7) is 0. The maximum atomic E-state index is 9.24. The molecule has 1 heterocycles. The van der Waals surface area contributed by atoms with Crippen LogP contribution in [0.15, 0.2) is 132 Å². The van der Waals surface area contributed by atoms with Crippen molar-refractivity contribution in [2.24, 2.45) is 0 Å². The quantitative estimate of drug-likeness (QED) is 0.239. The molecule has 1 aromatic heterocycles. The lowest BCUT2D eigenvalue weighted by atomic mass is 9.90. The number of nitrogens with zero attached hydrogens (tertiary/aromatic N) is 1. The molecule has 0 unspecified atom stereocenters. The Labute approximate surface area is 225 Å². The second-order valence-electron chi connectivity index (χ2n) is 10.0. The topological polar surface area (TPSA) is 36.9 Å². The molecule has 0 aliphatic rings. The molecule has 0 atom stereocenters. The Morgan fingerprint density at radius 3 is 1.85 bits per heavy atom. The average molecular weight is 496 g/mol. The molecule has 0 aliphatic carbocycles. The van der Waals surface area contributed by atoms with E-state index in [4.69, 9.17) is 4.42 Å². The first-order valence-electron chi connectivity index (χ1n) is 13.1. The van der Waals surface area contributed by atoms with Crippen molar-refractivity contribution in [3.63, 3.8) is 0 Å². The Morgan fingerprint density at radius 2 is 1.10 bits per heavy atom. The maximum Gasteiger partial charge on any atom is 0.143 e. The first-order valence-corrected chi connectivity index (χ1v) is 13.1. The fourth-order valence-corrected chi connectivity index (χ4v) is 6.02. The van der Waals surface area contributed by atoms with Crippen molar-refractivity contribution < 1.29 is 4.42 Å². The molecule has 8 aromatic rings. The van der Waals surface area contributed by atoms with E-state index < -0.39 is 0 Å². The zero-order chi connectivity index (χ0) is 25.9. The zero-order valence-corrected chi connectivity index (χ0v) is 21.0. The largest absolute Gasteiger partial charge is 0.455 e. The van der Waals surface area contributed by atoms with Crippen molar-refractivity contribution >= 4 is 54.3 Å². The molecular weight excluding hydrogens is 474 g/mol. The standard InChI is InChI=1S/C37H21NO/c38-22-23-13-15-24(16-14-23)28-17-18-32(31-12-6-5-11-30(28)31)33-20-27-9-3-4-10-29(27)36-34-19-25-7-1-2-8-26(25)21-35(34)39-37(33)36/h1-21H. The normalized spacial score (nSPS) is 11.6.